The zero-order valence-electron chi connectivity index (χ0n) is 30.6. The highest BCUT2D eigenvalue weighted by molar-refractivity contribution is 6.02. The molecule has 0 bridgehead atoms. The summed E-state index contributed by atoms with van der Waals surface area (Å²) in [4.78, 5) is 47.4. The largest absolute Gasteiger partial charge is 0.497 e. The minimum atomic E-state index is -0.289. The van der Waals surface area contributed by atoms with Crippen LogP contribution in [-0.4, -0.2) is 90.3 Å². The van der Waals surface area contributed by atoms with E-state index in [9.17, 15) is 9.59 Å². The van der Waals surface area contributed by atoms with Crippen LogP contribution in [0.2, 0.25) is 0 Å². The Bertz CT molecular complexity index is 2210. The molecule has 1 saturated heterocycles. The number of methoxy groups -OCH3 is 2. The van der Waals surface area contributed by atoms with Gasteiger partial charge in [0, 0.05) is 62.3 Å². The van der Waals surface area contributed by atoms with Gasteiger partial charge in [-0.3, -0.25) is 14.6 Å². The van der Waals surface area contributed by atoms with Gasteiger partial charge in [-0.1, -0.05) is 24.3 Å². The number of rotatable bonds is 12. The number of hydrogen-bond acceptors (Lipinski definition) is 10. The van der Waals surface area contributed by atoms with Crippen molar-refractivity contribution in [2.75, 3.05) is 46.4 Å². The van der Waals surface area contributed by atoms with E-state index in [0.717, 1.165) is 44.7 Å². The molecule has 0 radical (unpaired) electrons. The van der Waals surface area contributed by atoms with Gasteiger partial charge in [0.25, 0.3) is 11.8 Å². The summed E-state index contributed by atoms with van der Waals surface area (Å²) in [5.41, 5.74) is 12.6. The number of fused-ring (bicyclic) bond motifs is 1. The zero-order chi connectivity index (χ0) is 37.8. The molecule has 54 heavy (non-hydrogen) atoms. The van der Waals surface area contributed by atoms with Gasteiger partial charge >= 0.3 is 0 Å². The summed E-state index contributed by atoms with van der Waals surface area (Å²) in [7, 11) is 6.71. The lowest BCUT2D eigenvalue weighted by Crippen LogP contribution is -2.46. The molecule has 1 aliphatic heterocycles. The average molecular weight is 727 g/mol. The van der Waals surface area contributed by atoms with Crippen molar-refractivity contribution in [3.8, 4) is 33.9 Å². The van der Waals surface area contributed by atoms with Crippen LogP contribution in [0.5, 0.6) is 11.5 Å². The molecule has 0 aliphatic carbocycles. The van der Waals surface area contributed by atoms with E-state index in [-0.39, 0.29) is 23.9 Å². The van der Waals surface area contributed by atoms with Gasteiger partial charge in [-0.15, -0.1) is 0 Å². The highest BCUT2D eigenvalue weighted by Gasteiger charge is 2.27. The van der Waals surface area contributed by atoms with E-state index in [2.05, 4.69) is 20.2 Å². The number of ether oxygens (including phenoxy) is 3. The molecule has 4 aromatic heterocycles. The van der Waals surface area contributed by atoms with E-state index in [1.54, 1.807) is 52.8 Å². The topological polar surface area (TPSA) is 161 Å². The summed E-state index contributed by atoms with van der Waals surface area (Å²) < 4.78 is 16.3. The maximum Gasteiger partial charge on any atom is 0.268 e. The summed E-state index contributed by atoms with van der Waals surface area (Å²) in [6, 6.07) is 24.7. The molecule has 0 spiro atoms. The quantitative estimate of drug-likeness (QED) is 0.155. The third kappa shape index (κ3) is 7.72. The lowest BCUT2D eigenvalue weighted by atomic mass is 10.0. The van der Waals surface area contributed by atoms with Crippen molar-refractivity contribution in [3.05, 3.63) is 120 Å². The van der Waals surface area contributed by atoms with Gasteiger partial charge in [0.05, 0.1) is 50.8 Å². The van der Waals surface area contributed by atoms with E-state index in [0.29, 0.717) is 54.7 Å². The third-order valence-corrected chi connectivity index (χ3v) is 9.45. The Morgan fingerprint density at radius 2 is 1.54 bits per heavy atom. The van der Waals surface area contributed by atoms with Crippen LogP contribution in [0.3, 0.4) is 0 Å². The number of anilines is 1. The molecule has 2 atom stereocenters. The molecule has 0 unspecified atom stereocenters. The van der Waals surface area contributed by atoms with Gasteiger partial charge in [-0.2, -0.15) is 0 Å². The van der Waals surface area contributed by atoms with Crippen LogP contribution in [0, 0.1) is 0 Å². The highest BCUT2D eigenvalue weighted by Crippen LogP contribution is 2.36. The Morgan fingerprint density at radius 1 is 0.852 bits per heavy atom. The number of amides is 2. The first kappa shape index (κ1) is 36.1. The molecule has 276 valence electrons. The van der Waals surface area contributed by atoms with Crippen molar-refractivity contribution < 1.29 is 23.8 Å². The number of aromatic nitrogens is 4. The number of nitrogens with zero attached hydrogens (tertiary/aromatic N) is 5. The number of nitrogens with one attached hydrogen (secondary N) is 2. The Kier molecular flexibility index (Phi) is 10.5. The predicted octanol–water partition coefficient (Wildman–Crippen LogP) is 5.07. The number of hydrogen-bond donors (Lipinski definition) is 3. The van der Waals surface area contributed by atoms with Crippen LogP contribution < -0.4 is 25.4 Å². The molecule has 7 rings (SSSR count). The van der Waals surface area contributed by atoms with Crippen LogP contribution in [0.4, 0.5) is 5.82 Å². The fourth-order valence-corrected chi connectivity index (χ4v) is 6.46. The summed E-state index contributed by atoms with van der Waals surface area (Å²) in [5.74, 6) is 1.80. The standard InChI is InChI=1S/C41H42N8O5/c1-48(2)41(51)27-9-14-35(44-19-27)33-17-28(31-15-16-43-38-32(31)18-36(46-38)40(50)47-37-24-54-23-34(37)42)20-45-39(33)49(21-25-5-10-29(52-3)11-6-25)22-26-7-12-30(53-4)13-8-26/h5-20,34,37H,21-24,42H2,1-4H3,(H,43,46)(H,47,50)/t34-,37+/m0/s1. The maximum absolute atomic E-state index is 13.3. The molecule has 2 aromatic carbocycles. The number of nitrogens with two attached hydrogens (primary N) is 1. The zero-order valence-corrected chi connectivity index (χ0v) is 30.6. The minimum absolute atomic E-state index is 0.143. The fraction of sp³-hybridized carbons (Fsp3) is 0.244. The molecule has 5 heterocycles. The monoisotopic (exact) mass is 726 g/mol. The SMILES string of the molecule is COc1ccc(CN(Cc2ccc(OC)cc2)c2ncc(-c3ccnc4[nH]c(C(=O)N[C@@H]5COC[C@@H]5N)cc34)cc2-c2ccc(C(=O)N(C)C)cn2)cc1. The van der Waals surface area contributed by atoms with Gasteiger partial charge in [-0.05, 0) is 71.3 Å². The Hall–Kier alpha value is -6.31. The fourth-order valence-electron chi connectivity index (χ4n) is 6.46. The second-order valence-corrected chi connectivity index (χ2v) is 13.4. The lowest BCUT2D eigenvalue weighted by molar-refractivity contribution is 0.0826. The minimum Gasteiger partial charge on any atom is -0.497 e. The first-order valence-electron chi connectivity index (χ1n) is 17.5. The lowest BCUT2D eigenvalue weighted by Gasteiger charge is -2.27. The second kappa shape index (κ2) is 15.7. The molecule has 0 saturated carbocycles. The van der Waals surface area contributed by atoms with E-state index >= 15 is 0 Å². The second-order valence-electron chi connectivity index (χ2n) is 13.4. The molecule has 2 amide bonds. The van der Waals surface area contributed by atoms with Crippen LogP contribution >= 0.6 is 0 Å². The Balaban J connectivity index is 1.32. The molecule has 1 aliphatic rings. The summed E-state index contributed by atoms with van der Waals surface area (Å²) in [6.07, 6.45) is 5.12. The van der Waals surface area contributed by atoms with E-state index in [1.807, 2.05) is 72.9 Å². The van der Waals surface area contributed by atoms with E-state index in [4.69, 9.17) is 29.9 Å². The Morgan fingerprint density at radius 3 is 2.11 bits per heavy atom. The van der Waals surface area contributed by atoms with Crippen LogP contribution in [-0.2, 0) is 17.8 Å². The first-order chi connectivity index (χ1) is 26.2. The number of H-pyrrole nitrogens is 1. The van der Waals surface area contributed by atoms with Gasteiger partial charge in [0.1, 0.15) is 28.7 Å². The molecule has 4 N–H and O–H groups in total. The van der Waals surface area contributed by atoms with Crippen molar-refractivity contribution >= 4 is 28.7 Å². The summed E-state index contributed by atoms with van der Waals surface area (Å²) >= 11 is 0. The number of carbonyl (C=O) groups excluding carboxylic acids is 2. The highest BCUT2D eigenvalue weighted by atomic mass is 16.5. The molecular formula is C41H42N8O5. The summed E-state index contributed by atoms with van der Waals surface area (Å²) in [5, 5.41) is 3.73. The van der Waals surface area contributed by atoms with Crippen LogP contribution in [0.25, 0.3) is 33.4 Å². The van der Waals surface area contributed by atoms with Crippen molar-refractivity contribution in [1.82, 2.24) is 30.2 Å². The first-order valence-corrected chi connectivity index (χ1v) is 17.5. The van der Waals surface area contributed by atoms with E-state index in [1.165, 1.54) is 4.90 Å². The summed E-state index contributed by atoms with van der Waals surface area (Å²) in [6.45, 7) is 1.82. The Labute approximate surface area is 313 Å². The molecular weight excluding hydrogens is 685 g/mol. The molecule has 1 fully saturated rings. The maximum atomic E-state index is 13.3. The average Bonchev–Trinajstić information content (AvgIpc) is 3.83. The van der Waals surface area contributed by atoms with Crippen molar-refractivity contribution in [2.45, 2.75) is 25.2 Å². The van der Waals surface area contributed by atoms with Crippen LogP contribution in [0.1, 0.15) is 32.0 Å². The normalized spacial score (nSPS) is 15.2. The smallest absolute Gasteiger partial charge is 0.268 e. The number of aromatic amines is 1. The molecule has 13 nitrogen and oxygen atoms in total. The number of pyridine rings is 3. The van der Waals surface area contributed by atoms with Crippen molar-refractivity contribution in [3.63, 3.8) is 0 Å². The molecule has 13 heteroatoms. The number of benzene rings is 2. The van der Waals surface area contributed by atoms with Gasteiger partial charge in [0.15, 0.2) is 0 Å². The number of carbonyl (C=O) groups is 2. The third-order valence-electron chi connectivity index (χ3n) is 9.45. The van der Waals surface area contributed by atoms with Crippen molar-refractivity contribution in [2.24, 2.45) is 5.73 Å². The molecule has 6 aromatic rings. The van der Waals surface area contributed by atoms with Crippen LogP contribution in [0.15, 0.2) is 97.5 Å². The van der Waals surface area contributed by atoms with Crippen molar-refractivity contribution in [1.29, 1.82) is 0 Å². The van der Waals surface area contributed by atoms with E-state index < -0.39 is 0 Å². The van der Waals surface area contributed by atoms with Gasteiger partial charge in [-0.25, -0.2) is 9.97 Å². The predicted molar refractivity (Wildman–Crippen MR) is 206 cm³/mol. The van der Waals surface area contributed by atoms with Gasteiger partial charge < -0.3 is 40.0 Å². The van der Waals surface area contributed by atoms with Gasteiger partial charge in [0.2, 0.25) is 0 Å².